The molecule has 0 radical (unpaired) electrons. The molecule has 4 N–H and O–H groups in total. The van der Waals surface area contributed by atoms with Gasteiger partial charge in [-0.2, -0.15) is 0 Å². The van der Waals surface area contributed by atoms with Gasteiger partial charge in [-0.3, -0.25) is 19.4 Å². The van der Waals surface area contributed by atoms with Crippen LogP contribution in [0.1, 0.15) is 86.4 Å². The summed E-state index contributed by atoms with van der Waals surface area (Å²) >= 11 is 1.72. The molecule has 14 nitrogen and oxygen atoms in total. The van der Waals surface area contributed by atoms with Crippen LogP contribution in [0, 0.1) is 11.3 Å². The van der Waals surface area contributed by atoms with Crippen molar-refractivity contribution in [2.45, 2.75) is 117 Å². The van der Waals surface area contributed by atoms with E-state index < -0.39 is 57.5 Å². The summed E-state index contributed by atoms with van der Waals surface area (Å²) in [6.07, 6.45) is 5.74. The molecule has 1 aliphatic carbocycles. The van der Waals surface area contributed by atoms with E-state index in [0.717, 1.165) is 55.2 Å². The first-order chi connectivity index (χ1) is 33.1. The van der Waals surface area contributed by atoms with Crippen molar-refractivity contribution in [3.8, 4) is 5.75 Å². The number of aliphatic hydroxyl groups is 3. The number of benzene rings is 3. The van der Waals surface area contributed by atoms with Gasteiger partial charge in [-0.25, -0.2) is 4.79 Å². The van der Waals surface area contributed by atoms with Crippen molar-refractivity contribution >= 4 is 46.3 Å². The molecule has 3 fully saturated rings. The van der Waals surface area contributed by atoms with Gasteiger partial charge < -0.3 is 44.2 Å². The van der Waals surface area contributed by atoms with Gasteiger partial charge in [-0.05, 0) is 97.5 Å². The number of methoxy groups -OCH3 is 3. The molecule has 1 saturated carbocycles. The fourth-order valence-electron chi connectivity index (χ4n) is 14.5. The van der Waals surface area contributed by atoms with Crippen LogP contribution in [0.25, 0.3) is 10.9 Å². The molecule has 2 saturated heterocycles. The fraction of sp³-hybridized carbons (Fsp3) is 0.537. The Labute approximate surface area is 408 Å². The number of rotatable bonds is 11. The number of esters is 3. The summed E-state index contributed by atoms with van der Waals surface area (Å²) in [4.78, 5) is 54.9. The fourth-order valence-corrected chi connectivity index (χ4v) is 15.4. The minimum Gasteiger partial charge on any atom is -0.496 e. The van der Waals surface area contributed by atoms with Crippen molar-refractivity contribution in [3.63, 3.8) is 0 Å². The Bertz CT molecular complexity index is 2730. The summed E-state index contributed by atoms with van der Waals surface area (Å²) in [7, 11) is 6.15. The predicted octanol–water partition coefficient (Wildman–Crippen LogP) is 5.78. The molecule has 3 aromatic carbocycles. The minimum absolute atomic E-state index is 0.00543. The minimum atomic E-state index is -2.33. The second-order valence-electron chi connectivity index (χ2n) is 20.6. The molecule has 6 aliphatic rings. The van der Waals surface area contributed by atoms with Gasteiger partial charge in [0.15, 0.2) is 6.10 Å². The molecule has 15 heteroatoms. The first-order valence-corrected chi connectivity index (χ1v) is 25.4. The average Bonchev–Trinajstić information content (AvgIpc) is 4.02. The van der Waals surface area contributed by atoms with Gasteiger partial charge in [0.2, 0.25) is 5.60 Å². The molecule has 10 atom stereocenters. The number of piperidine rings is 1. The average molecular weight is 963 g/mol. The number of anilines is 1. The summed E-state index contributed by atoms with van der Waals surface area (Å²) in [6, 6.07) is 17.2. The quantitative estimate of drug-likeness (QED) is 0.0617. The van der Waals surface area contributed by atoms with Gasteiger partial charge in [0.25, 0.3) is 0 Å². The van der Waals surface area contributed by atoms with Gasteiger partial charge in [0, 0.05) is 102 Å². The van der Waals surface area contributed by atoms with Crippen LogP contribution in [0.15, 0.2) is 71.6 Å². The third-order valence-electron chi connectivity index (χ3n) is 17.3. The van der Waals surface area contributed by atoms with Crippen molar-refractivity contribution in [2.24, 2.45) is 11.3 Å². The van der Waals surface area contributed by atoms with E-state index in [1.807, 2.05) is 56.1 Å². The maximum Gasteiger partial charge on any atom is 0.344 e. The second kappa shape index (κ2) is 17.4. The lowest BCUT2D eigenvalue weighted by molar-refractivity contribution is -0.228. The second-order valence-corrected chi connectivity index (χ2v) is 21.7. The molecular formula is C54H66N4O10S. The smallest absolute Gasteiger partial charge is 0.344 e. The van der Waals surface area contributed by atoms with Crippen molar-refractivity contribution in [2.75, 3.05) is 66.0 Å². The molecule has 1 unspecified atom stereocenters. The number of hydrogen-bond acceptors (Lipinski definition) is 14. The highest BCUT2D eigenvalue weighted by Gasteiger charge is 2.80. The van der Waals surface area contributed by atoms with Crippen LogP contribution in [0.5, 0.6) is 5.75 Å². The zero-order valence-corrected chi connectivity index (χ0v) is 41.6. The number of nitrogens with one attached hydrogen (secondary N) is 1. The highest BCUT2D eigenvalue weighted by Crippen LogP contribution is 2.68. The molecule has 10 rings (SSSR count). The van der Waals surface area contributed by atoms with Crippen LogP contribution in [0.2, 0.25) is 0 Å². The Kier molecular flexibility index (Phi) is 12.1. The number of aromatic nitrogens is 1. The lowest BCUT2D eigenvalue weighted by Crippen LogP contribution is -2.81. The third kappa shape index (κ3) is 6.95. The van der Waals surface area contributed by atoms with Gasteiger partial charge >= 0.3 is 17.9 Å². The summed E-state index contributed by atoms with van der Waals surface area (Å²) in [5.74, 6) is -0.943. The number of ether oxygens (including phenoxy) is 4. The number of thioether (sulfide) groups is 1. The summed E-state index contributed by atoms with van der Waals surface area (Å²) in [5, 5.41) is 36.2. The number of nitrogens with zero attached hydrogens (tertiary/aromatic N) is 3. The van der Waals surface area contributed by atoms with Gasteiger partial charge in [0.05, 0.1) is 39.6 Å². The number of H-pyrrole nitrogens is 1. The molecule has 4 aromatic rings. The molecule has 1 aromatic heterocycles. The lowest BCUT2D eigenvalue weighted by atomic mass is 9.47. The Morgan fingerprint density at radius 2 is 1.65 bits per heavy atom. The number of aromatic amines is 1. The highest BCUT2D eigenvalue weighted by atomic mass is 32.2. The van der Waals surface area contributed by atoms with Crippen molar-refractivity contribution in [1.29, 1.82) is 0 Å². The third-order valence-corrected chi connectivity index (χ3v) is 18.3. The summed E-state index contributed by atoms with van der Waals surface area (Å²) in [6.45, 7) is 8.48. The lowest BCUT2D eigenvalue weighted by Gasteiger charge is -2.63. The van der Waals surface area contributed by atoms with Crippen molar-refractivity contribution in [1.82, 2.24) is 14.8 Å². The van der Waals surface area contributed by atoms with E-state index in [1.165, 1.54) is 21.1 Å². The van der Waals surface area contributed by atoms with E-state index in [2.05, 4.69) is 51.2 Å². The Hall–Kier alpha value is -4.90. The zero-order chi connectivity index (χ0) is 48.8. The number of hydrogen-bond donors (Lipinski definition) is 4. The Morgan fingerprint density at radius 3 is 2.33 bits per heavy atom. The standard InChI is InChI=1S/C54H66N4O10S/c1-8-50(63)26-35-27-53(48(61)66-6,44-37(17-21-57(28-35)31-50)38-23-36(15-16-41(38)55-44)69-30-34-13-11-33(29-59)12-14-34)40-24-39-42(25-43(40)65-5)56(4)46-52(39)19-22-58-20-10-18-51(9-2,45(52)58)47(68-32(3)60)54(46,64)49(62)67-7/h10-16,18,23-25,35,45-47,55,59,63-64H,8-9,17,19-22,26-31H2,1-7H3/t35-,45+,46-,47-,50+,51-,52-,53+,54+/m1/s1. The summed E-state index contributed by atoms with van der Waals surface area (Å²) in [5.41, 5.74) is 0.0319. The molecule has 1 spiro atoms. The number of likely N-dealkylation sites (N-methyl/N-ethyl adjacent to an activating group) is 1. The molecular weight excluding hydrogens is 897 g/mol. The van der Waals surface area contributed by atoms with Crippen LogP contribution in [0.4, 0.5) is 5.69 Å². The summed E-state index contributed by atoms with van der Waals surface area (Å²) < 4.78 is 24.2. The zero-order valence-electron chi connectivity index (χ0n) is 40.8. The van der Waals surface area contributed by atoms with E-state index >= 15 is 4.79 Å². The Morgan fingerprint density at radius 1 is 0.899 bits per heavy atom. The monoisotopic (exact) mass is 962 g/mol. The number of aliphatic hydroxyl groups excluding tert-OH is 1. The molecule has 368 valence electrons. The van der Waals surface area contributed by atoms with E-state index in [9.17, 15) is 24.9 Å². The highest BCUT2D eigenvalue weighted by molar-refractivity contribution is 7.98. The van der Waals surface area contributed by atoms with Crippen molar-refractivity contribution in [3.05, 3.63) is 100 Å². The van der Waals surface area contributed by atoms with Crippen molar-refractivity contribution < 1.29 is 48.7 Å². The molecule has 2 bridgehead atoms. The first-order valence-electron chi connectivity index (χ1n) is 24.5. The van der Waals surface area contributed by atoms with E-state index in [-0.39, 0.29) is 18.6 Å². The normalized spacial score (nSPS) is 33.3. The SMILES string of the molecule is CC[C@]1(O)C[C@H]2CN(CCc3c([nH]c4ccc(SCc5ccc(CO)cc5)cc34)[C@@](C(=O)OC)(c3cc4c(cc3OC)N(C)[C@H]3[C@@](O)(C(=O)OC)[C@H](OC(C)=O)[C@]5(CC)C=CCN6CC[C@]43[C@@H]65)C2)C1. The largest absolute Gasteiger partial charge is 0.496 e. The molecule has 5 aliphatic heterocycles. The van der Waals surface area contributed by atoms with Crippen LogP contribution in [0.3, 0.4) is 0 Å². The van der Waals surface area contributed by atoms with Gasteiger partial charge in [0.1, 0.15) is 11.2 Å². The van der Waals surface area contributed by atoms with Crippen LogP contribution >= 0.6 is 11.8 Å². The molecule has 69 heavy (non-hydrogen) atoms. The Balaban J connectivity index is 1.22. The van der Waals surface area contributed by atoms with Gasteiger partial charge in [-0.15, -0.1) is 11.8 Å². The van der Waals surface area contributed by atoms with Crippen LogP contribution in [-0.4, -0.2) is 139 Å². The van der Waals surface area contributed by atoms with Crippen LogP contribution in [-0.2, 0) is 58.2 Å². The van der Waals surface area contributed by atoms with E-state index in [4.69, 9.17) is 18.9 Å². The van der Waals surface area contributed by atoms with E-state index in [0.29, 0.717) is 82.6 Å². The maximum atomic E-state index is 15.7. The van der Waals surface area contributed by atoms with E-state index in [1.54, 1.807) is 18.9 Å². The molecule has 0 amide bonds. The maximum absolute atomic E-state index is 15.7. The number of carbonyl (C=O) groups is 3. The predicted molar refractivity (Wildman–Crippen MR) is 262 cm³/mol. The number of carbonyl (C=O) groups excluding carboxylic acids is 3. The van der Waals surface area contributed by atoms with Gasteiger partial charge in [-0.1, -0.05) is 50.3 Å². The first kappa shape index (κ1) is 47.8. The molecule has 6 heterocycles. The number of fused-ring (bicyclic) bond motifs is 6. The topological polar surface area (TPSA) is 174 Å². The van der Waals surface area contributed by atoms with Crippen LogP contribution < -0.4 is 9.64 Å².